The van der Waals surface area contributed by atoms with Crippen LogP contribution in [0.1, 0.15) is 18.7 Å². The van der Waals surface area contributed by atoms with Crippen molar-refractivity contribution in [1.82, 2.24) is 29.9 Å². The molecule has 21 heavy (non-hydrogen) atoms. The molecule has 1 fully saturated rings. The minimum absolute atomic E-state index is 0.695. The number of rotatable bonds is 4. The molecular formula is C14H27N7. The van der Waals surface area contributed by atoms with Gasteiger partial charge in [-0.3, -0.25) is 9.67 Å². The fourth-order valence-electron chi connectivity index (χ4n) is 2.81. The Morgan fingerprint density at radius 2 is 2.33 bits per heavy atom. The van der Waals surface area contributed by atoms with E-state index in [-0.39, 0.29) is 0 Å². The molecule has 0 bridgehead atoms. The van der Waals surface area contributed by atoms with Gasteiger partial charge >= 0.3 is 0 Å². The SMILES string of the molecule is CN=C(NCC1CCCN(C)C1)N(C)Cc1ncnn1C. The zero-order chi connectivity index (χ0) is 15.2. The van der Waals surface area contributed by atoms with Crippen LogP contribution in [0, 0.1) is 5.92 Å². The summed E-state index contributed by atoms with van der Waals surface area (Å²) in [6.45, 7) is 4.05. The van der Waals surface area contributed by atoms with Gasteiger partial charge in [0.05, 0.1) is 6.54 Å². The van der Waals surface area contributed by atoms with E-state index < -0.39 is 0 Å². The molecule has 7 nitrogen and oxygen atoms in total. The second-order valence-electron chi connectivity index (χ2n) is 5.85. The van der Waals surface area contributed by atoms with E-state index in [1.807, 2.05) is 21.1 Å². The smallest absolute Gasteiger partial charge is 0.193 e. The third kappa shape index (κ3) is 4.42. The molecule has 1 aromatic heterocycles. The molecule has 0 amide bonds. The molecule has 0 radical (unpaired) electrons. The minimum Gasteiger partial charge on any atom is -0.356 e. The minimum atomic E-state index is 0.695. The van der Waals surface area contributed by atoms with E-state index in [1.165, 1.54) is 19.4 Å². The molecule has 1 N–H and O–H groups in total. The van der Waals surface area contributed by atoms with Crippen LogP contribution in [0.3, 0.4) is 0 Å². The van der Waals surface area contributed by atoms with E-state index in [2.05, 4.69) is 37.2 Å². The Morgan fingerprint density at radius 1 is 1.52 bits per heavy atom. The largest absolute Gasteiger partial charge is 0.356 e. The van der Waals surface area contributed by atoms with Crippen molar-refractivity contribution in [3.05, 3.63) is 12.2 Å². The molecule has 1 aliphatic rings. The van der Waals surface area contributed by atoms with Gasteiger partial charge in [-0.25, -0.2) is 4.98 Å². The van der Waals surface area contributed by atoms with E-state index in [0.717, 1.165) is 24.9 Å². The van der Waals surface area contributed by atoms with Crippen molar-refractivity contribution in [2.75, 3.05) is 40.8 Å². The van der Waals surface area contributed by atoms with Crippen molar-refractivity contribution >= 4 is 5.96 Å². The average molecular weight is 293 g/mol. The van der Waals surface area contributed by atoms with Gasteiger partial charge in [-0.05, 0) is 32.4 Å². The van der Waals surface area contributed by atoms with Gasteiger partial charge in [0.2, 0.25) is 0 Å². The highest BCUT2D eigenvalue weighted by Gasteiger charge is 2.18. The Hall–Kier alpha value is -1.63. The predicted molar refractivity (Wildman–Crippen MR) is 84.1 cm³/mol. The Bertz CT molecular complexity index is 468. The lowest BCUT2D eigenvalue weighted by molar-refractivity contribution is 0.209. The first-order valence-electron chi connectivity index (χ1n) is 7.53. The fourth-order valence-corrected chi connectivity index (χ4v) is 2.81. The molecule has 1 atom stereocenters. The molecule has 1 saturated heterocycles. The number of guanidine groups is 1. The zero-order valence-electron chi connectivity index (χ0n) is 13.6. The first kappa shape index (κ1) is 15.8. The molecule has 118 valence electrons. The van der Waals surface area contributed by atoms with Gasteiger partial charge in [-0.1, -0.05) is 0 Å². The maximum absolute atomic E-state index is 4.36. The van der Waals surface area contributed by atoms with Crippen LogP contribution in [0.4, 0.5) is 0 Å². The van der Waals surface area contributed by atoms with Crippen molar-refractivity contribution in [3.63, 3.8) is 0 Å². The van der Waals surface area contributed by atoms with Gasteiger partial charge in [0, 0.05) is 34.2 Å². The second kappa shape index (κ2) is 7.40. The standard InChI is InChI=1S/C14H27N7/c1-15-14(16-8-12-6-5-7-19(2)9-12)20(3)10-13-17-11-18-21(13)4/h11-12H,5-10H2,1-4H3,(H,15,16). The predicted octanol–water partition coefficient (Wildman–Crippen LogP) is 0.164. The molecule has 0 aliphatic carbocycles. The van der Waals surface area contributed by atoms with Crippen LogP contribution in [0.5, 0.6) is 0 Å². The van der Waals surface area contributed by atoms with E-state index in [9.17, 15) is 0 Å². The van der Waals surface area contributed by atoms with Crippen LogP contribution < -0.4 is 5.32 Å². The molecule has 2 heterocycles. The normalized spacial score (nSPS) is 20.6. The van der Waals surface area contributed by atoms with Crippen LogP contribution in [-0.4, -0.2) is 71.3 Å². The number of aliphatic imine (C=N–C) groups is 1. The summed E-state index contributed by atoms with van der Waals surface area (Å²) in [5.41, 5.74) is 0. The van der Waals surface area contributed by atoms with Crippen LogP contribution in [-0.2, 0) is 13.6 Å². The lowest BCUT2D eigenvalue weighted by Crippen LogP contribution is -2.44. The molecule has 7 heteroatoms. The summed E-state index contributed by atoms with van der Waals surface area (Å²) in [6.07, 6.45) is 4.16. The van der Waals surface area contributed by atoms with Crippen molar-refractivity contribution in [2.24, 2.45) is 18.0 Å². The molecule has 0 spiro atoms. The highest BCUT2D eigenvalue weighted by Crippen LogP contribution is 2.13. The maximum atomic E-state index is 4.36. The number of aromatic nitrogens is 3. The number of nitrogens with one attached hydrogen (secondary N) is 1. The lowest BCUT2D eigenvalue weighted by Gasteiger charge is -2.31. The molecule has 2 rings (SSSR count). The topological polar surface area (TPSA) is 61.6 Å². The monoisotopic (exact) mass is 293 g/mol. The van der Waals surface area contributed by atoms with Crippen molar-refractivity contribution in [3.8, 4) is 0 Å². The Labute approximate surface area is 127 Å². The van der Waals surface area contributed by atoms with Crippen LogP contribution in [0.25, 0.3) is 0 Å². The highest BCUT2D eigenvalue weighted by atomic mass is 15.4. The van der Waals surface area contributed by atoms with Crippen LogP contribution >= 0.6 is 0 Å². The van der Waals surface area contributed by atoms with Crippen molar-refractivity contribution in [2.45, 2.75) is 19.4 Å². The summed E-state index contributed by atoms with van der Waals surface area (Å²) >= 11 is 0. The Kier molecular flexibility index (Phi) is 5.55. The summed E-state index contributed by atoms with van der Waals surface area (Å²) in [6, 6.07) is 0. The van der Waals surface area contributed by atoms with Gasteiger partial charge in [0.1, 0.15) is 12.2 Å². The highest BCUT2D eigenvalue weighted by molar-refractivity contribution is 5.79. The first-order chi connectivity index (χ1) is 10.1. The number of piperidine rings is 1. The Morgan fingerprint density at radius 3 is 2.95 bits per heavy atom. The molecule has 0 saturated carbocycles. The van der Waals surface area contributed by atoms with Gasteiger partial charge in [0.25, 0.3) is 0 Å². The van der Waals surface area contributed by atoms with Crippen molar-refractivity contribution in [1.29, 1.82) is 0 Å². The zero-order valence-corrected chi connectivity index (χ0v) is 13.6. The number of hydrogen-bond acceptors (Lipinski definition) is 4. The molecule has 0 aromatic carbocycles. The van der Waals surface area contributed by atoms with E-state index >= 15 is 0 Å². The van der Waals surface area contributed by atoms with E-state index in [4.69, 9.17) is 0 Å². The van der Waals surface area contributed by atoms with Crippen molar-refractivity contribution < 1.29 is 0 Å². The third-order valence-corrected chi connectivity index (χ3v) is 4.03. The van der Waals surface area contributed by atoms with E-state index in [0.29, 0.717) is 12.5 Å². The number of nitrogens with zero attached hydrogens (tertiary/aromatic N) is 6. The third-order valence-electron chi connectivity index (χ3n) is 4.03. The second-order valence-corrected chi connectivity index (χ2v) is 5.85. The Balaban J connectivity index is 1.83. The molecular weight excluding hydrogens is 266 g/mol. The van der Waals surface area contributed by atoms with Gasteiger partial charge < -0.3 is 15.1 Å². The molecule has 1 aliphatic heterocycles. The van der Waals surface area contributed by atoms with Crippen LogP contribution in [0.2, 0.25) is 0 Å². The number of likely N-dealkylation sites (tertiary alicyclic amines) is 1. The van der Waals surface area contributed by atoms with E-state index in [1.54, 1.807) is 11.0 Å². The lowest BCUT2D eigenvalue weighted by atomic mass is 9.99. The quantitative estimate of drug-likeness (QED) is 0.633. The summed E-state index contributed by atoms with van der Waals surface area (Å²) in [5, 5.41) is 7.58. The summed E-state index contributed by atoms with van der Waals surface area (Å²) < 4.78 is 1.79. The maximum Gasteiger partial charge on any atom is 0.193 e. The molecule has 1 unspecified atom stereocenters. The number of aryl methyl sites for hydroxylation is 1. The number of hydrogen-bond donors (Lipinski definition) is 1. The van der Waals surface area contributed by atoms with Gasteiger partial charge in [0.15, 0.2) is 5.96 Å². The fraction of sp³-hybridized carbons (Fsp3) is 0.786. The molecule has 1 aromatic rings. The van der Waals surface area contributed by atoms with Crippen LogP contribution in [0.15, 0.2) is 11.3 Å². The summed E-state index contributed by atoms with van der Waals surface area (Å²) in [7, 11) is 7.95. The van der Waals surface area contributed by atoms with Gasteiger partial charge in [-0.15, -0.1) is 0 Å². The average Bonchev–Trinajstić information content (AvgIpc) is 2.85. The summed E-state index contributed by atoms with van der Waals surface area (Å²) in [4.78, 5) is 13.1. The first-order valence-corrected chi connectivity index (χ1v) is 7.53. The summed E-state index contributed by atoms with van der Waals surface area (Å²) in [5.74, 6) is 2.54. The van der Waals surface area contributed by atoms with Gasteiger partial charge in [-0.2, -0.15) is 5.10 Å².